The molecule has 0 aliphatic rings. The number of amides is 1. The molecule has 0 unspecified atom stereocenters. The Morgan fingerprint density at radius 2 is 1.95 bits per heavy atom. The number of halogens is 2. The molecule has 2 aromatic carbocycles. The summed E-state index contributed by atoms with van der Waals surface area (Å²) >= 11 is 0. The zero-order valence-electron chi connectivity index (χ0n) is 11.1. The molecule has 0 radical (unpaired) electrons. The van der Waals surface area contributed by atoms with Gasteiger partial charge in [-0.1, -0.05) is 18.2 Å². The number of nitrogens with one attached hydrogen (secondary N) is 1. The van der Waals surface area contributed by atoms with Crippen LogP contribution >= 0.6 is 0 Å². The number of nitrogens with two attached hydrogens (primary N) is 1. The van der Waals surface area contributed by atoms with E-state index in [1.54, 1.807) is 24.3 Å². The van der Waals surface area contributed by atoms with Gasteiger partial charge in [0.1, 0.15) is 5.82 Å². The van der Waals surface area contributed by atoms with Gasteiger partial charge in [-0.05, 0) is 23.8 Å². The summed E-state index contributed by atoms with van der Waals surface area (Å²) in [5.41, 5.74) is 6.88. The van der Waals surface area contributed by atoms with Crippen LogP contribution in [0.1, 0.15) is 5.56 Å². The lowest BCUT2D eigenvalue weighted by Gasteiger charge is -2.11. The summed E-state index contributed by atoms with van der Waals surface area (Å²) < 4.78 is 31.2. The molecule has 6 heteroatoms. The average molecular weight is 292 g/mol. The van der Waals surface area contributed by atoms with E-state index in [0.717, 1.165) is 23.8 Å². The molecule has 0 heterocycles. The maximum atomic E-state index is 13.3. The Morgan fingerprint density at radius 1 is 1.19 bits per heavy atom. The Morgan fingerprint density at radius 3 is 2.71 bits per heavy atom. The number of para-hydroxylation sites is 1. The van der Waals surface area contributed by atoms with E-state index in [0.29, 0.717) is 5.69 Å². The number of carbonyl (C=O) groups excluding carboxylic acids is 1. The molecule has 21 heavy (non-hydrogen) atoms. The van der Waals surface area contributed by atoms with Crippen LogP contribution in [0.4, 0.5) is 14.5 Å². The molecule has 2 aromatic rings. The van der Waals surface area contributed by atoms with E-state index in [9.17, 15) is 13.6 Å². The summed E-state index contributed by atoms with van der Waals surface area (Å²) in [7, 11) is 0. The third kappa shape index (κ3) is 4.00. The first kappa shape index (κ1) is 14.9. The van der Waals surface area contributed by atoms with E-state index in [1.807, 2.05) is 0 Å². The topological polar surface area (TPSA) is 64.3 Å². The van der Waals surface area contributed by atoms with Gasteiger partial charge in [0.15, 0.2) is 18.2 Å². The molecule has 2 rings (SSSR count). The fourth-order valence-corrected chi connectivity index (χ4v) is 1.74. The molecular weight excluding hydrogens is 278 g/mol. The number of rotatable bonds is 5. The molecule has 0 aliphatic carbocycles. The average Bonchev–Trinajstić information content (AvgIpc) is 2.49. The zero-order chi connectivity index (χ0) is 15.2. The molecule has 3 N–H and O–H groups in total. The Hall–Kier alpha value is -2.47. The van der Waals surface area contributed by atoms with Gasteiger partial charge in [-0.2, -0.15) is 0 Å². The smallest absolute Gasteiger partial charge is 0.262 e. The van der Waals surface area contributed by atoms with Crippen molar-refractivity contribution in [2.45, 2.75) is 6.54 Å². The predicted molar refractivity (Wildman–Crippen MR) is 74.8 cm³/mol. The van der Waals surface area contributed by atoms with Gasteiger partial charge < -0.3 is 15.8 Å². The summed E-state index contributed by atoms with van der Waals surface area (Å²) in [5.74, 6) is -2.16. The monoisotopic (exact) mass is 292 g/mol. The number of carbonyl (C=O) groups is 1. The van der Waals surface area contributed by atoms with Crippen molar-refractivity contribution in [3.63, 3.8) is 0 Å². The van der Waals surface area contributed by atoms with Crippen LogP contribution in [0.3, 0.4) is 0 Å². The standard InChI is InChI=1S/C15H14F2N2O2/c16-11-5-6-12(17)14(7-11)21-9-15(20)19-13-4-2-1-3-10(13)8-18/h1-7H,8-9,18H2,(H,19,20). The van der Waals surface area contributed by atoms with Crippen LogP contribution in [-0.4, -0.2) is 12.5 Å². The maximum Gasteiger partial charge on any atom is 0.262 e. The van der Waals surface area contributed by atoms with E-state index in [2.05, 4.69) is 5.32 Å². The highest BCUT2D eigenvalue weighted by molar-refractivity contribution is 5.92. The highest BCUT2D eigenvalue weighted by Gasteiger charge is 2.09. The predicted octanol–water partition coefficient (Wildman–Crippen LogP) is 2.44. The fraction of sp³-hybridized carbons (Fsp3) is 0.133. The van der Waals surface area contributed by atoms with Crippen molar-refractivity contribution in [3.05, 3.63) is 59.7 Å². The second-order valence-corrected chi connectivity index (χ2v) is 4.27. The Balaban J connectivity index is 1.97. The van der Waals surface area contributed by atoms with E-state index in [4.69, 9.17) is 10.5 Å². The summed E-state index contributed by atoms with van der Waals surface area (Å²) in [6.07, 6.45) is 0. The molecular formula is C15H14F2N2O2. The lowest BCUT2D eigenvalue weighted by Crippen LogP contribution is -2.21. The second kappa shape index (κ2) is 6.81. The van der Waals surface area contributed by atoms with E-state index in [-0.39, 0.29) is 12.3 Å². The van der Waals surface area contributed by atoms with Crippen LogP contribution in [0.15, 0.2) is 42.5 Å². The largest absolute Gasteiger partial charge is 0.481 e. The third-order valence-electron chi connectivity index (χ3n) is 2.76. The zero-order valence-corrected chi connectivity index (χ0v) is 11.1. The van der Waals surface area contributed by atoms with E-state index in [1.165, 1.54) is 0 Å². The quantitative estimate of drug-likeness (QED) is 0.889. The van der Waals surface area contributed by atoms with Crippen molar-refractivity contribution in [1.29, 1.82) is 0 Å². The minimum Gasteiger partial charge on any atom is -0.481 e. The van der Waals surface area contributed by atoms with Gasteiger partial charge in [0.2, 0.25) is 0 Å². The first-order valence-corrected chi connectivity index (χ1v) is 6.26. The first-order chi connectivity index (χ1) is 10.1. The normalized spacial score (nSPS) is 10.2. The summed E-state index contributed by atoms with van der Waals surface area (Å²) in [6.45, 7) is -0.158. The van der Waals surface area contributed by atoms with Crippen molar-refractivity contribution in [1.82, 2.24) is 0 Å². The minimum absolute atomic E-state index is 0.274. The van der Waals surface area contributed by atoms with Crippen LogP contribution in [0.25, 0.3) is 0 Å². The van der Waals surface area contributed by atoms with E-state index >= 15 is 0 Å². The summed E-state index contributed by atoms with van der Waals surface area (Å²) in [4.78, 5) is 11.8. The molecule has 0 aliphatic heterocycles. The second-order valence-electron chi connectivity index (χ2n) is 4.27. The van der Waals surface area contributed by atoms with Gasteiger partial charge in [0, 0.05) is 18.3 Å². The van der Waals surface area contributed by atoms with Crippen molar-refractivity contribution in [2.24, 2.45) is 5.73 Å². The van der Waals surface area contributed by atoms with Gasteiger partial charge in [0.25, 0.3) is 5.91 Å². The van der Waals surface area contributed by atoms with E-state index < -0.39 is 24.1 Å². The van der Waals surface area contributed by atoms with Gasteiger partial charge in [-0.15, -0.1) is 0 Å². The van der Waals surface area contributed by atoms with Crippen LogP contribution in [0.5, 0.6) is 5.75 Å². The van der Waals surface area contributed by atoms with Crippen LogP contribution in [0, 0.1) is 11.6 Å². The van der Waals surface area contributed by atoms with Gasteiger partial charge in [0.05, 0.1) is 0 Å². The molecule has 0 atom stereocenters. The number of ether oxygens (including phenoxy) is 1. The molecule has 0 spiro atoms. The lowest BCUT2D eigenvalue weighted by molar-refractivity contribution is -0.118. The van der Waals surface area contributed by atoms with Crippen molar-refractivity contribution >= 4 is 11.6 Å². The molecule has 0 bridgehead atoms. The van der Waals surface area contributed by atoms with Crippen molar-refractivity contribution in [3.8, 4) is 5.75 Å². The highest BCUT2D eigenvalue weighted by atomic mass is 19.1. The molecule has 0 saturated heterocycles. The molecule has 110 valence electrons. The first-order valence-electron chi connectivity index (χ1n) is 6.26. The van der Waals surface area contributed by atoms with Crippen LogP contribution in [0.2, 0.25) is 0 Å². The highest BCUT2D eigenvalue weighted by Crippen LogP contribution is 2.18. The number of hydrogen-bond acceptors (Lipinski definition) is 3. The maximum absolute atomic E-state index is 13.3. The van der Waals surface area contributed by atoms with Gasteiger partial charge >= 0.3 is 0 Å². The van der Waals surface area contributed by atoms with Crippen molar-refractivity contribution < 1.29 is 18.3 Å². The Bertz CT molecular complexity index is 647. The fourth-order valence-electron chi connectivity index (χ4n) is 1.74. The Labute approximate surface area is 120 Å². The lowest BCUT2D eigenvalue weighted by atomic mass is 10.2. The third-order valence-corrected chi connectivity index (χ3v) is 2.76. The molecule has 0 fully saturated rings. The molecule has 0 saturated carbocycles. The van der Waals surface area contributed by atoms with Crippen LogP contribution in [-0.2, 0) is 11.3 Å². The van der Waals surface area contributed by atoms with Gasteiger partial charge in [-0.3, -0.25) is 4.79 Å². The molecule has 1 amide bonds. The van der Waals surface area contributed by atoms with Crippen LogP contribution < -0.4 is 15.8 Å². The summed E-state index contributed by atoms with van der Waals surface area (Å²) in [6, 6.07) is 9.83. The molecule has 0 aromatic heterocycles. The number of benzene rings is 2. The number of anilines is 1. The SMILES string of the molecule is NCc1ccccc1NC(=O)COc1cc(F)ccc1F. The van der Waals surface area contributed by atoms with Crippen molar-refractivity contribution in [2.75, 3.05) is 11.9 Å². The molecule has 4 nitrogen and oxygen atoms in total. The summed E-state index contributed by atoms with van der Waals surface area (Å²) in [5, 5.41) is 2.61. The van der Waals surface area contributed by atoms with Gasteiger partial charge in [-0.25, -0.2) is 8.78 Å². The number of hydrogen-bond donors (Lipinski definition) is 2. The minimum atomic E-state index is -0.730. The Kier molecular flexibility index (Phi) is 4.84.